The van der Waals surface area contributed by atoms with E-state index in [1.165, 1.54) is 5.56 Å². The average molecular weight is 523 g/mol. The van der Waals surface area contributed by atoms with E-state index in [1.807, 2.05) is 37.5 Å². The molecule has 2 heterocycles. The number of guanidine groups is 1. The molecular formula is C23H34IN5O. The van der Waals surface area contributed by atoms with Crippen LogP contribution in [0.15, 0.2) is 53.7 Å². The van der Waals surface area contributed by atoms with Crippen molar-refractivity contribution in [1.29, 1.82) is 0 Å². The van der Waals surface area contributed by atoms with Gasteiger partial charge in [-0.2, -0.15) is 0 Å². The third-order valence-corrected chi connectivity index (χ3v) is 5.58. The molecule has 0 aliphatic carbocycles. The Labute approximate surface area is 197 Å². The number of nitrogens with one attached hydrogen (secondary N) is 2. The van der Waals surface area contributed by atoms with Gasteiger partial charge in [0.15, 0.2) is 5.96 Å². The van der Waals surface area contributed by atoms with E-state index in [0.29, 0.717) is 6.04 Å². The highest BCUT2D eigenvalue weighted by Gasteiger charge is 2.24. The van der Waals surface area contributed by atoms with E-state index in [1.54, 1.807) is 7.11 Å². The number of benzene rings is 1. The molecule has 30 heavy (non-hydrogen) atoms. The first-order chi connectivity index (χ1) is 14.0. The van der Waals surface area contributed by atoms with Gasteiger partial charge in [-0.3, -0.25) is 4.99 Å². The second kappa shape index (κ2) is 11.4. The smallest absolute Gasteiger partial charge is 0.191 e. The Morgan fingerprint density at radius 3 is 2.60 bits per heavy atom. The van der Waals surface area contributed by atoms with E-state index in [2.05, 4.69) is 57.6 Å². The molecule has 0 saturated carbocycles. The Balaban J connectivity index is 0.00000320. The SMILES string of the molecule is CN=C(NCC(C)(C)c1cccc(OC)c1)NC1CCN(c2ccccn2)CC1.I. The van der Waals surface area contributed by atoms with Crippen LogP contribution < -0.4 is 20.3 Å². The molecule has 6 nitrogen and oxygen atoms in total. The van der Waals surface area contributed by atoms with Crippen molar-refractivity contribution in [3.8, 4) is 5.75 Å². The summed E-state index contributed by atoms with van der Waals surface area (Å²) < 4.78 is 5.37. The van der Waals surface area contributed by atoms with E-state index < -0.39 is 0 Å². The van der Waals surface area contributed by atoms with Gasteiger partial charge in [0.25, 0.3) is 0 Å². The molecule has 0 amide bonds. The Morgan fingerprint density at radius 1 is 1.20 bits per heavy atom. The monoisotopic (exact) mass is 523 g/mol. The van der Waals surface area contributed by atoms with Gasteiger partial charge in [0, 0.05) is 44.3 Å². The van der Waals surface area contributed by atoms with Gasteiger partial charge in [0.05, 0.1) is 7.11 Å². The first-order valence-corrected chi connectivity index (χ1v) is 10.3. The van der Waals surface area contributed by atoms with Crippen LogP contribution in [0, 0.1) is 0 Å². The number of aromatic nitrogens is 1. The van der Waals surface area contributed by atoms with Crippen LogP contribution in [0.4, 0.5) is 5.82 Å². The maximum Gasteiger partial charge on any atom is 0.191 e. The highest BCUT2D eigenvalue weighted by atomic mass is 127. The van der Waals surface area contributed by atoms with Crippen molar-refractivity contribution in [3.63, 3.8) is 0 Å². The molecule has 1 fully saturated rings. The highest BCUT2D eigenvalue weighted by molar-refractivity contribution is 14.0. The van der Waals surface area contributed by atoms with Crippen LogP contribution in [-0.4, -0.2) is 50.8 Å². The molecular weight excluding hydrogens is 489 g/mol. The minimum atomic E-state index is -0.0471. The topological polar surface area (TPSA) is 61.8 Å². The van der Waals surface area contributed by atoms with E-state index in [-0.39, 0.29) is 29.4 Å². The van der Waals surface area contributed by atoms with Crippen molar-refractivity contribution in [2.24, 2.45) is 4.99 Å². The lowest BCUT2D eigenvalue weighted by molar-refractivity contribution is 0.411. The third-order valence-electron chi connectivity index (χ3n) is 5.58. The maximum absolute atomic E-state index is 5.37. The van der Waals surface area contributed by atoms with Crippen LogP contribution in [0.5, 0.6) is 5.75 Å². The number of halogens is 1. The van der Waals surface area contributed by atoms with E-state index >= 15 is 0 Å². The average Bonchev–Trinajstić information content (AvgIpc) is 2.77. The van der Waals surface area contributed by atoms with E-state index in [4.69, 9.17) is 4.74 Å². The number of nitrogens with zero attached hydrogens (tertiary/aromatic N) is 3. The first-order valence-electron chi connectivity index (χ1n) is 10.3. The second-order valence-corrected chi connectivity index (χ2v) is 8.14. The van der Waals surface area contributed by atoms with Gasteiger partial charge in [0.2, 0.25) is 0 Å². The summed E-state index contributed by atoms with van der Waals surface area (Å²) in [4.78, 5) is 11.2. The molecule has 1 aliphatic rings. The molecule has 1 aliphatic heterocycles. The largest absolute Gasteiger partial charge is 0.497 e. The fourth-order valence-corrected chi connectivity index (χ4v) is 3.63. The summed E-state index contributed by atoms with van der Waals surface area (Å²) in [7, 11) is 3.53. The maximum atomic E-state index is 5.37. The molecule has 0 atom stereocenters. The minimum absolute atomic E-state index is 0. The van der Waals surface area contributed by atoms with Crippen molar-refractivity contribution in [1.82, 2.24) is 15.6 Å². The molecule has 2 N–H and O–H groups in total. The summed E-state index contributed by atoms with van der Waals surface area (Å²) in [6, 6.07) is 14.8. The highest BCUT2D eigenvalue weighted by Crippen LogP contribution is 2.25. The molecule has 0 spiro atoms. The zero-order chi connectivity index (χ0) is 20.7. The number of ether oxygens (including phenoxy) is 1. The van der Waals surface area contributed by atoms with Gasteiger partial charge < -0.3 is 20.3 Å². The fraction of sp³-hybridized carbons (Fsp3) is 0.478. The molecule has 3 rings (SSSR count). The van der Waals surface area contributed by atoms with Gasteiger partial charge in [-0.25, -0.2) is 4.98 Å². The number of hydrogen-bond donors (Lipinski definition) is 2. The predicted octanol–water partition coefficient (Wildman–Crippen LogP) is 3.82. The van der Waals surface area contributed by atoms with Gasteiger partial charge in [-0.1, -0.05) is 32.0 Å². The van der Waals surface area contributed by atoms with Crippen molar-refractivity contribution < 1.29 is 4.74 Å². The third kappa shape index (κ3) is 6.48. The van der Waals surface area contributed by atoms with Crippen LogP contribution in [0.2, 0.25) is 0 Å². The predicted molar refractivity (Wildman–Crippen MR) is 135 cm³/mol. The molecule has 0 unspecified atom stereocenters. The number of anilines is 1. The number of piperidine rings is 1. The molecule has 1 aromatic heterocycles. The number of hydrogen-bond acceptors (Lipinski definition) is 4. The van der Waals surface area contributed by atoms with Gasteiger partial charge >= 0.3 is 0 Å². The Bertz CT molecular complexity index is 804. The Morgan fingerprint density at radius 2 is 1.97 bits per heavy atom. The normalized spacial score (nSPS) is 15.3. The Hall–Kier alpha value is -2.03. The van der Waals surface area contributed by atoms with Crippen molar-refractivity contribution in [3.05, 3.63) is 54.2 Å². The molecule has 1 aromatic carbocycles. The lowest BCUT2D eigenvalue weighted by Gasteiger charge is -2.34. The molecule has 2 aromatic rings. The lowest BCUT2D eigenvalue weighted by atomic mass is 9.84. The summed E-state index contributed by atoms with van der Waals surface area (Å²) in [6.07, 6.45) is 3.99. The summed E-state index contributed by atoms with van der Waals surface area (Å²) in [5.74, 6) is 2.81. The van der Waals surface area contributed by atoms with Crippen molar-refractivity contribution >= 4 is 35.8 Å². The van der Waals surface area contributed by atoms with Crippen molar-refractivity contribution in [2.75, 3.05) is 38.7 Å². The molecule has 1 saturated heterocycles. The summed E-state index contributed by atoms with van der Waals surface area (Å²) in [6.45, 7) is 7.25. The van der Waals surface area contributed by atoms with Crippen LogP contribution in [0.25, 0.3) is 0 Å². The van der Waals surface area contributed by atoms with Crippen LogP contribution in [0.1, 0.15) is 32.3 Å². The van der Waals surface area contributed by atoms with Crippen LogP contribution in [-0.2, 0) is 5.41 Å². The van der Waals surface area contributed by atoms with Crippen LogP contribution >= 0.6 is 24.0 Å². The quantitative estimate of drug-likeness (QED) is 0.343. The molecule has 164 valence electrons. The molecule has 0 bridgehead atoms. The standard InChI is InChI=1S/C23H33N5O.HI/c1-23(2,18-8-7-9-20(16-18)29-4)17-26-22(24-3)27-19-11-14-28(15-12-19)21-10-5-6-13-25-21;/h5-10,13,16,19H,11-12,14-15,17H2,1-4H3,(H2,24,26,27);1H. The van der Waals surface area contributed by atoms with Gasteiger partial charge in [0.1, 0.15) is 11.6 Å². The zero-order valence-electron chi connectivity index (χ0n) is 18.4. The summed E-state index contributed by atoms with van der Waals surface area (Å²) >= 11 is 0. The van der Waals surface area contributed by atoms with Gasteiger partial charge in [-0.15, -0.1) is 24.0 Å². The number of pyridine rings is 1. The summed E-state index contributed by atoms with van der Waals surface area (Å²) in [5, 5.41) is 7.10. The minimum Gasteiger partial charge on any atom is -0.497 e. The summed E-state index contributed by atoms with van der Waals surface area (Å²) in [5.41, 5.74) is 1.19. The number of methoxy groups -OCH3 is 1. The zero-order valence-corrected chi connectivity index (χ0v) is 20.7. The van der Waals surface area contributed by atoms with E-state index in [9.17, 15) is 0 Å². The second-order valence-electron chi connectivity index (χ2n) is 8.14. The first kappa shape index (κ1) is 24.2. The Kier molecular flexibility index (Phi) is 9.20. The fourth-order valence-electron chi connectivity index (χ4n) is 3.63. The molecule has 0 radical (unpaired) electrons. The molecule has 7 heteroatoms. The van der Waals surface area contributed by atoms with Crippen LogP contribution in [0.3, 0.4) is 0 Å². The van der Waals surface area contributed by atoms with E-state index in [0.717, 1.165) is 50.0 Å². The number of aliphatic imine (C=N–C) groups is 1. The van der Waals surface area contributed by atoms with Crippen molar-refractivity contribution in [2.45, 2.75) is 38.1 Å². The number of rotatable bonds is 6. The lowest BCUT2D eigenvalue weighted by Crippen LogP contribution is -2.50. The van der Waals surface area contributed by atoms with Gasteiger partial charge in [-0.05, 0) is 42.7 Å².